The highest BCUT2D eigenvalue weighted by molar-refractivity contribution is 5.94. The van der Waals surface area contributed by atoms with E-state index in [2.05, 4.69) is 15.3 Å². The number of nitrogens with two attached hydrogens (primary N) is 1. The van der Waals surface area contributed by atoms with Crippen molar-refractivity contribution in [3.05, 3.63) is 27.5 Å². The molecular weight excluding hydrogens is 344 g/mol. The fourth-order valence-corrected chi connectivity index (χ4v) is 3.32. The first-order chi connectivity index (χ1) is 12.5. The second kappa shape index (κ2) is 5.83. The molecule has 0 bridgehead atoms. The lowest BCUT2D eigenvalue weighted by molar-refractivity contribution is -0.116. The maximum atomic E-state index is 12.5. The van der Waals surface area contributed by atoms with E-state index >= 15 is 0 Å². The number of hydrogen-bond donors (Lipinski definition) is 3. The Morgan fingerprint density at radius 1 is 1.23 bits per heavy atom. The van der Waals surface area contributed by atoms with E-state index in [1.54, 1.807) is 6.07 Å². The lowest BCUT2D eigenvalue weighted by Crippen LogP contribution is -2.31. The van der Waals surface area contributed by atoms with Crippen molar-refractivity contribution in [3.63, 3.8) is 0 Å². The largest absolute Gasteiger partial charge is 0.492 e. The molecule has 0 aliphatic carbocycles. The van der Waals surface area contributed by atoms with Gasteiger partial charge in [-0.15, -0.1) is 0 Å². The first-order valence-electron chi connectivity index (χ1n) is 7.77. The highest BCUT2D eigenvalue weighted by atomic mass is 16.7. The molecule has 1 amide bonds. The topological polar surface area (TPSA) is 138 Å². The van der Waals surface area contributed by atoms with E-state index in [0.717, 1.165) is 0 Å². The van der Waals surface area contributed by atoms with Crippen LogP contribution in [0.1, 0.15) is 23.5 Å². The predicted octanol–water partition coefficient (Wildman–Crippen LogP) is 0.572. The summed E-state index contributed by atoms with van der Waals surface area (Å²) in [4.78, 5) is 31.2. The molecule has 0 fully saturated rings. The molecule has 2 aliphatic rings. The number of aromatic amines is 1. The SMILES string of the molecule is COc1c([C@H]2CC(=O)Nc3nc(N)[nH]c(=O)c32)cc2c(c1OC)OCO2. The molecule has 26 heavy (non-hydrogen) atoms. The van der Waals surface area contributed by atoms with Crippen molar-refractivity contribution in [1.82, 2.24) is 9.97 Å². The summed E-state index contributed by atoms with van der Waals surface area (Å²) in [7, 11) is 2.94. The third-order valence-electron chi connectivity index (χ3n) is 4.36. The number of hydrogen-bond acceptors (Lipinski definition) is 8. The lowest BCUT2D eigenvalue weighted by Gasteiger charge is -2.26. The molecule has 3 heterocycles. The zero-order chi connectivity index (χ0) is 18.4. The van der Waals surface area contributed by atoms with E-state index in [4.69, 9.17) is 24.7 Å². The normalized spacial score (nSPS) is 17.5. The van der Waals surface area contributed by atoms with E-state index < -0.39 is 11.5 Å². The molecule has 2 aliphatic heterocycles. The van der Waals surface area contributed by atoms with Crippen molar-refractivity contribution < 1.29 is 23.7 Å². The van der Waals surface area contributed by atoms with E-state index in [1.165, 1.54) is 14.2 Å². The highest BCUT2D eigenvalue weighted by Gasteiger charge is 2.36. The van der Waals surface area contributed by atoms with Crippen molar-refractivity contribution >= 4 is 17.7 Å². The molecular formula is C16H16N4O6. The minimum atomic E-state index is -0.617. The Bertz CT molecular complexity index is 970. The molecule has 2 aromatic rings. The number of nitrogen functional groups attached to an aromatic ring is 1. The fourth-order valence-electron chi connectivity index (χ4n) is 3.32. The number of nitrogens with zero attached hydrogens (tertiary/aromatic N) is 1. The molecule has 1 aromatic carbocycles. The number of anilines is 2. The van der Waals surface area contributed by atoms with Gasteiger partial charge in [0, 0.05) is 17.9 Å². The van der Waals surface area contributed by atoms with Gasteiger partial charge in [-0.2, -0.15) is 4.98 Å². The fraction of sp³-hybridized carbons (Fsp3) is 0.312. The summed E-state index contributed by atoms with van der Waals surface area (Å²) >= 11 is 0. The standard InChI is InChI=1S/C16H16N4O6/c1-23-11-7(3-8-12(13(11)24-2)26-5-25-8)6-4-9(21)18-14-10(6)15(22)20-16(17)19-14/h3,6H,4-5H2,1-2H3,(H4,17,18,19,20,21,22)/t6-/m1/s1. The van der Waals surface area contributed by atoms with Gasteiger partial charge in [-0.3, -0.25) is 14.6 Å². The van der Waals surface area contributed by atoms with Crippen molar-refractivity contribution in [2.24, 2.45) is 0 Å². The Morgan fingerprint density at radius 3 is 2.73 bits per heavy atom. The van der Waals surface area contributed by atoms with Crippen LogP contribution in [0.15, 0.2) is 10.9 Å². The third-order valence-corrected chi connectivity index (χ3v) is 4.36. The van der Waals surface area contributed by atoms with Gasteiger partial charge in [0.1, 0.15) is 5.82 Å². The number of fused-ring (bicyclic) bond motifs is 2. The summed E-state index contributed by atoms with van der Waals surface area (Å²) in [5, 5.41) is 2.58. The molecule has 0 spiro atoms. The Balaban J connectivity index is 1.97. The number of aromatic nitrogens is 2. The van der Waals surface area contributed by atoms with Crippen LogP contribution in [0.4, 0.5) is 11.8 Å². The smallest absolute Gasteiger partial charge is 0.258 e. The van der Waals surface area contributed by atoms with Gasteiger partial charge in [-0.05, 0) is 6.07 Å². The molecule has 1 atom stereocenters. The van der Waals surface area contributed by atoms with Crippen molar-refractivity contribution in [3.8, 4) is 23.0 Å². The summed E-state index contributed by atoms with van der Waals surface area (Å²) in [6.07, 6.45) is 0.0286. The molecule has 4 N–H and O–H groups in total. The van der Waals surface area contributed by atoms with Crippen LogP contribution in [0.25, 0.3) is 0 Å². The molecule has 136 valence electrons. The van der Waals surface area contributed by atoms with Crippen LogP contribution in [0.2, 0.25) is 0 Å². The second-order valence-electron chi connectivity index (χ2n) is 5.78. The first-order valence-corrected chi connectivity index (χ1v) is 7.77. The number of ether oxygens (including phenoxy) is 4. The molecule has 10 nitrogen and oxygen atoms in total. The average molecular weight is 360 g/mol. The second-order valence-corrected chi connectivity index (χ2v) is 5.78. The summed E-state index contributed by atoms with van der Waals surface area (Å²) in [6.45, 7) is 0.0404. The number of benzene rings is 1. The van der Waals surface area contributed by atoms with Gasteiger partial charge in [0.05, 0.1) is 19.8 Å². The molecule has 0 saturated carbocycles. The van der Waals surface area contributed by atoms with Crippen LogP contribution in [0, 0.1) is 0 Å². The lowest BCUT2D eigenvalue weighted by atomic mass is 9.85. The number of nitrogens with one attached hydrogen (secondary N) is 2. The van der Waals surface area contributed by atoms with Crippen LogP contribution >= 0.6 is 0 Å². The summed E-state index contributed by atoms with van der Waals surface area (Å²) < 4.78 is 21.8. The number of carbonyl (C=O) groups is 1. The van der Waals surface area contributed by atoms with Gasteiger partial charge in [-0.1, -0.05) is 0 Å². The minimum absolute atomic E-state index is 0.0286. The number of amides is 1. The van der Waals surface area contributed by atoms with Crippen LogP contribution in [0.3, 0.4) is 0 Å². The van der Waals surface area contributed by atoms with Gasteiger partial charge in [0.25, 0.3) is 5.56 Å². The molecule has 0 radical (unpaired) electrons. The Labute approximate surface area is 147 Å². The van der Waals surface area contributed by atoms with Crippen molar-refractivity contribution in [1.29, 1.82) is 0 Å². The number of methoxy groups -OCH3 is 2. The average Bonchev–Trinajstić information content (AvgIpc) is 3.06. The summed E-state index contributed by atoms with van der Waals surface area (Å²) in [6, 6.07) is 1.69. The quantitative estimate of drug-likeness (QED) is 0.722. The van der Waals surface area contributed by atoms with E-state index in [1.807, 2.05) is 0 Å². The van der Waals surface area contributed by atoms with Crippen LogP contribution in [-0.2, 0) is 4.79 Å². The highest BCUT2D eigenvalue weighted by Crippen LogP contribution is 2.52. The number of rotatable bonds is 3. The molecule has 0 unspecified atom stereocenters. The zero-order valence-corrected chi connectivity index (χ0v) is 14.0. The predicted molar refractivity (Wildman–Crippen MR) is 90.0 cm³/mol. The number of carbonyl (C=O) groups excluding carboxylic acids is 1. The Hall–Kier alpha value is -3.43. The summed E-state index contributed by atoms with van der Waals surface area (Å²) in [5.41, 5.74) is 6.00. The van der Waals surface area contributed by atoms with Crippen LogP contribution in [-0.4, -0.2) is 36.9 Å². The molecule has 1 aromatic heterocycles. The van der Waals surface area contributed by atoms with Gasteiger partial charge >= 0.3 is 0 Å². The van der Waals surface area contributed by atoms with Gasteiger partial charge in [0.2, 0.25) is 30.1 Å². The monoisotopic (exact) mass is 360 g/mol. The summed E-state index contributed by atoms with van der Waals surface area (Å²) in [5.74, 6) is 0.704. The molecule has 10 heteroatoms. The van der Waals surface area contributed by atoms with Gasteiger partial charge in [-0.25, -0.2) is 0 Å². The van der Waals surface area contributed by atoms with Crippen LogP contribution in [0.5, 0.6) is 23.0 Å². The Morgan fingerprint density at radius 2 is 2.00 bits per heavy atom. The van der Waals surface area contributed by atoms with Gasteiger partial charge in [0.15, 0.2) is 11.5 Å². The van der Waals surface area contributed by atoms with Crippen molar-refractivity contribution in [2.45, 2.75) is 12.3 Å². The maximum absolute atomic E-state index is 12.5. The van der Waals surface area contributed by atoms with E-state index in [-0.39, 0.29) is 36.5 Å². The van der Waals surface area contributed by atoms with E-state index in [0.29, 0.717) is 28.6 Å². The van der Waals surface area contributed by atoms with Gasteiger partial charge < -0.3 is 30.0 Å². The van der Waals surface area contributed by atoms with Crippen LogP contribution < -0.4 is 35.6 Å². The third kappa shape index (κ3) is 2.30. The Kier molecular flexibility index (Phi) is 3.60. The molecule has 4 rings (SSSR count). The van der Waals surface area contributed by atoms with Crippen molar-refractivity contribution in [2.75, 3.05) is 32.1 Å². The first kappa shape index (κ1) is 16.1. The zero-order valence-electron chi connectivity index (χ0n) is 14.0. The molecule has 0 saturated heterocycles. The number of H-pyrrole nitrogens is 1. The minimum Gasteiger partial charge on any atom is -0.492 e. The van der Waals surface area contributed by atoms with E-state index in [9.17, 15) is 9.59 Å². The maximum Gasteiger partial charge on any atom is 0.258 e.